The molecule has 32 heavy (non-hydrogen) atoms. The highest BCUT2D eigenvalue weighted by Crippen LogP contribution is 2.37. The maximum Gasteiger partial charge on any atom is 0.0791 e. The van der Waals surface area contributed by atoms with Crippen molar-refractivity contribution in [3.05, 3.63) is 116 Å². The number of aliphatic imine (C=N–C) groups is 1. The summed E-state index contributed by atoms with van der Waals surface area (Å²) in [4.78, 5) is 8.82. The third-order valence-corrected chi connectivity index (χ3v) is 7.04. The van der Waals surface area contributed by atoms with Crippen LogP contribution in [0.4, 0.5) is 0 Å². The Kier molecular flexibility index (Phi) is 4.55. The molecule has 3 heteroatoms. The van der Waals surface area contributed by atoms with Crippen LogP contribution in [-0.2, 0) is 12.8 Å². The van der Waals surface area contributed by atoms with E-state index in [1.54, 1.807) is 0 Å². The van der Waals surface area contributed by atoms with Crippen LogP contribution < -0.4 is 0 Å². The molecule has 1 N–H and O–H groups in total. The Morgan fingerprint density at radius 1 is 0.812 bits per heavy atom. The van der Waals surface area contributed by atoms with Crippen LogP contribution in [0.2, 0.25) is 0 Å². The molecular formula is C29H23BrN2. The number of halogens is 1. The minimum absolute atomic E-state index is 1.00. The number of aromatic amines is 1. The second kappa shape index (κ2) is 7.46. The van der Waals surface area contributed by atoms with Gasteiger partial charge in [0.15, 0.2) is 0 Å². The second-order valence-electron chi connectivity index (χ2n) is 8.78. The summed E-state index contributed by atoms with van der Waals surface area (Å²) < 4.78 is 1.07. The molecule has 0 atom stereocenters. The highest BCUT2D eigenvalue weighted by Gasteiger charge is 2.24. The van der Waals surface area contributed by atoms with E-state index in [4.69, 9.17) is 4.99 Å². The lowest BCUT2D eigenvalue weighted by atomic mass is 9.90. The monoisotopic (exact) mass is 478 g/mol. The Hall–Kier alpha value is -3.17. The molecule has 2 heterocycles. The van der Waals surface area contributed by atoms with E-state index in [2.05, 4.69) is 108 Å². The fourth-order valence-corrected chi connectivity index (χ4v) is 5.37. The van der Waals surface area contributed by atoms with Crippen molar-refractivity contribution in [2.75, 3.05) is 0 Å². The first kappa shape index (κ1) is 19.5. The standard InChI is InChI=1S/C29H23BrN2/c1-17-7-11-23(18(2)13-17)29-25-12-10-21(30)15-26(25)27(32-29)16-22-14-20-9-8-19-5-3-4-6-24(19)28(20)31-22/h3-7,10-16,31H,8-9H2,1-2H3/b27-16-. The molecule has 0 saturated carbocycles. The van der Waals surface area contributed by atoms with Gasteiger partial charge in [-0.1, -0.05) is 70.0 Å². The van der Waals surface area contributed by atoms with Crippen molar-refractivity contribution in [2.24, 2.45) is 4.99 Å². The van der Waals surface area contributed by atoms with Gasteiger partial charge < -0.3 is 4.98 Å². The first-order valence-electron chi connectivity index (χ1n) is 11.1. The van der Waals surface area contributed by atoms with Crippen molar-refractivity contribution < 1.29 is 0 Å². The molecule has 0 saturated heterocycles. The van der Waals surface area contributed by atoms with Crippen molar-refractivity contribution in [1.82, 2.24) is 4.98 Å². The second-order valence-corrected chi connectivity index (χ2v) is 9.70. The summed E-state index contributed by atoms with van der Waals surface area (Å²) in [5.74, 6) is 0. The lowest BCUT2D eigenvalue weighted by Crippen LogP contribution is -2.03. The summed E-state index contributed by atoms with van der Waals surface area (Å²) in [5, 5.41) is 0. The predicted molar refractivity (Wildman–Crippen MR) is 137 cm³/mol. The largest absolute Gasteiger partial charge is 0.355 e. The fourth-order valence-electron chi connectivity index (χ4n) is 5.01. The normalized spacial score (nSPS) is 15.3. The van der Waals surface area contributed by atoms with E-state index in [-0.39, 0.29) is 0 Å². The van der Waals surface area contributed by atoms with E-state index in [1.807, 2.05) is 0 Å². The van der Waals surface area contributed by atoms with Gasteiger partial charge in [-0.25, -0.2) is 4.99 Å². The van der Waals surface area contributed by atoms with Gasteiger partial charge in [0.1, 0.15) is 0 Å². The molecule has 0 unspecified atom stereocenters. The van der Waals surface area contributed by atoms with E-state index in [0.717, 1.165) is 34.4 Å². The van der Waals surface area contributed by atoms with Gasteiger partial charge in [0.2, 0.25) is 0 Å². The molecule has 0 amide bonds. The number of hydrogen-bond donors (Lipinski definition) is 1. The highest BCUT2D eigenvalue weighted by molar-refractivity contribution is 9.10. The summed E-state index contributed by atoms with van der Waals surface area (Å²) in [7, 11) is 0. The maximum absolute atomic E-state index is 5.14. The topological polar surface area (TPSA) is 28.1 Å². The van der Waals surface area contributed by atoms with Gasteiger partial charge in [-0.2, -0.15) is 0 Å². The first-order valence-corrected chi connectivity index (χ1v) is 11.8. The van der Waals surface area contributed by atoms with Crippen LogP contribution >= 0.6 is 15.9 Å². The first-order chi connectivity index (χ1) is 15.6. The number of nitrogens with zero attached hydrogens (tertiary/aromatic N) is 1. The van der Waals surface area contributed by atoms with Gasteiger partial charge in [-0.3, -0.25) is 0 Å². The molecular weight excluding hydrogens is 456 g/mol. The third kappa shape index (κ3) is 3.20. The summed E-state index contributed by atoms with van der Waals surface area (Å²) in [6.45, 7) is 4.30. The van der Waals surface area contributed by atoms with Crippen molar-refractivity contribution in [2.45, 2.75) is 26.7 Å². The zero-order chi connectivity index (χ0) is 21.8. The van der Waals surface area contributed by atoms with Gasteiger partial charge in [-0.05, 0) is 67.7 Å². The van der Waals surface area contributed by atoms with Crippen LogP contribution in [0.25, 0.3) is 23.0 Å². The minimum atomic E-state index is 1.00. The SMILES string of the molecule is Cc1ccc(C2=N/C(=C\c3cc4c([nH]3)-c3ccccc3CC4)c3cc(Br)ccc32)c(C)c1. The molecule has 6 rings (SSSR count). The van der Waals surface area contributed by atoms with E-state index < -0.39 is 0 Å². The van der Waals surface area contributed by atoms with Gasteiger partial charge in [-0.15, -0.1) is 0 Å². The molecule has 156 valence electrons. The van der Waals surface area contributed by atoms with Crippen LogP contribution in [0.5, 0.6) is 0 Å². The Balaban J connectivity index is 1.48. The summed E-state index contributed by atoms with van der Waals surface area (Å²) in [6.07, 6.45) is 4.37. The average molecular weight is 479 g/mol. The molecule has 2 aliphatic rings. The van der Waals surface area contributed by atoms with E-state index >= 15 is 0 Å². The summed E-state index contributed by atoms with van der Waals surface area (Å²) in [5.41, 5.74) is 14.6. The molecule has 4 aromatic rings. The molecule has 0 bridgehead atoms. The number of fused-ring (bicyclic) bond motifs is 4. The predicted octanol–water partition coefficient (Wildman–Crippen LogP) is 7.51. The zero-order valence-electron chi connectivity index (χ0n) is 18.2. The van der Waals surface area contributed by atoms with Gasteiger partial charge in [0.25, 0.3) is 0 Å². The molecule has 3 aromatic carbocycles. The van der Waals surface area contributed by atoms with Crippen molar-refractivity contribution >= 4 is 33.4 Å². The molecule has 1 aliphatic heterocycles. The van der Waals surface area contributed by atoms with Crippen LogP contribution in [0.1, 0.15) is 44.6 Å². The Morgan fingerprint density at radius 2 is 1.62 bits per heavy atom. The number of hydrogen-bond acceptors (Lipinski definition) is 1. The molecule has 0 fully saturated rings. The molecule has 1 aliphatic carbocycles. The van der Waals surface area contributed by atoms with Gasteiger partial charge >= 0.3 is 0 Å². The van der Waals surface area contributed by atoms with Gasteiger partial charge in [0.05, 0.1) is 11.4 Å². The number of rotatable bonds is 2. The zero-order valence-corrected chi connectivity index (χ0v) is 19.8. The minimum Gasteiger partial charge on any atom is -0.355 e. The number of H-pyrrole nitrogens is 1. The highest BCUT2D eigenvalue weighted by atomic mass is 79.9. The molecule has 2 nitrogen and oxygen atoms in total. The van der Waals surface area contributed by atoms with Crippen LogP contribution in [0.3, 0.4) is 0 Å². The number of aryl methyl sites for hydroxylation is 4. The fraction of sp³-hybridized carbons (Fsp3) is 0.138. The van der Waals surface area contributed by atoms with E-state index in [9.17, 15) is 0 Å². The number of nitrogens with one attached hydrogen (secondary N) is 1. The van der Waals surface area contributed by atoms with Crippen LogP contribution in [-0.4, -0.2) is 10.7 Å². The summed E-state index contributed by atoms with van der Waals surface area (Å²) >= 11 is 3.66. The van der Waals surface area contributed by atoms with Crippen LogP contribution in [0.15, 0.2) is 76.2 Å². The van der Waals surface area contributed by atoms with Crippen LogP contribution in [0, 0.1) is 13.8 Å². The third-order valence-electron chi connectivity index (χ3n) is 6.54. The summed E-state index contributed by atoms with van der Waals surface area (Å²) in [6, 6.07) is 24.1. The van der Waals surface area contributed by atoms with Crippen molar-refractivity contribution in [3.8, 4) is 11.3 Å². The Morgan fingerprint density at radius 3 is 2.50 bits per heavy atom. The van der Waals surface area contributed by atoms with Crippen molar-refractivity contribution in [1.29, 1.82) is 0 Å². The maximum atomic E-state index is 5.14. The van der Waals surface area contributed by atoms with Crippen molar-refractivity contribution in [3.63, 3.8) is 0 Å². The molecule has 0 spiro atoms. The average Bonchev–Trinajstić information content (AvgIpc) is 3.35. The van der Waals surface area contributed by atoms with Gasteiger partial charge in [0, 0.05) is 38.1 Å². The number of benzene rings is 3. The lowest BCUT2D eigenvalue weighted by Gasteiger charge is -2.15. The van der Waals surface area contributed by atoms with E-state index in [0.29, 0.717) is 0 Å². The Labute approximate surface area is 196 Å². The molecule has 1 aromatic heterocycles. The number of aromatic nitrogens is 1. The van der Waals surface area contributed by atoms with E-state index in [1.165, 1.54) is 50.2 Å². The Bertz CT molecular complexity index is 1450. The lowest BCUT2D eigenvalue weighted by molar-refractivity contribution is 0.942. The quantitative estimate of drug-likeness (QED) is 0.308. The smallest absolute Gasteiger partial charge is 0.0791 e. The molecule has 0 radical (unpaired) electrons.